The van der Waals surface area contributed by atoms with Gasteiger partial charge in [-0.1, -0.05) is 28.1 Å². The standard InChI is InChI=1S/C12H15BrN2O/c1-15(12(16)10-6-14-7-10)8-9-2-4-11(13)5-3-9/h2-5,10,14H,6-8H2,1H3. The summed E-state index contributed by atoms with van der Waals surface area (Å²) < 4.78 is 1.06. The molecule has 1 aromatic rings. The van der Waals surface area contributed by atoms with Gasteiger partial charge in [0.2, 0.25) is 5.91 Å². The fraction of sp³-hybridized carbons (Fsp3) is 0.417. The summed E-state index contributed by atoms with van der Waals surface area (Å²) in [5, 5.41) is 3.11. The van der Waals surface area contributed by atoms with Gasteiger partial charge >= 0.3 is 0 Å². The number of hydrogen-bond donors (Lipinski definition) is 1. The quantitative estimate of drug-likeness (QED) is 0.914. The largest absolute Gasteiger partial charge is 0.341 e. The van der Waals surface area contributed by atoms with Gasteiger partial charge in [0.1, 0.15) is 0 Å². The van der Waals surface area contributed by atoms with E-state index in [1.807, 2.05) is 31.3 Å². The van der Waals surface area contributed by atoms with Gasteiger partial charge in [-0.05, 0) is 17.7 Å². The van der Waals surface area contributed by atoms with E-state index in [9.17, 15) is 4.79 Å². The topological polar surface area (TPSA) is 32.3 Å². The van der Waals surface area contributed by atoms with E-state index < -0.39 is 0 Å². The van der Waals surface area contributed by atoms with Crippen molar-refractivity contribution in [3.8, 4) is 0 Å². The average Bonchev–Trinajstić information content (AvgIpc) is 2.19. The summed E-state index contributed by atoms with van der Waals surface area (Å²) in [6, 6.07) is 8.07. The van der Waals surface area contributed by atoms with Crippen LogP contribution in [0.5, 0.6) is 0 Å². The van der Waals surface area contributed by atoms with Crippen molar-refractivity contribution >= 4 is 21.8 Å². The molecule has 1 aliphatic rings. The average molecular weight is 283 g/mol. The van der Waals surface area contributed by atoms with Crippen LogP contribution in [0, 0.1) is 5.92 Å². The van der Waals surface area contributed by atoms with E-state index in [4.69, 9.17) is 0 Å². The van der Waals surface area contributed by atoms with Crippen LogP contribution in [-0.2, 0) is 11.3 Å². The Morgan fingerprint density at radius 3 is 2.56 bits per heavy atom. The molecule has 0 atom stereocenters. The summed E-state index contributed by atoms with van der Waals surface area (Å²) in [7, 11) is 1.86. The molecule has 1 saturated heterocycles. The number of nitrogens with one attached hydrogen (secondary N) is 1. The highest BCUT2D eigenvalue weighted by molar-refractivity contribution is 9.10. The van der Waals surface area contributed by atoms with Gasteiger partial charge in [-0.15, -0.1) is 0 Å². The van der Waals surface area contributed by atoms with Crippen LogP contribution in [0.2, 0.25) is 0 Å². The van der Waals surface area contributed by atoms with Crippen molar-refractivity contribution in [2.24, 2.45) is 5.92 Å². The first kappa shape index (κ1) is 11.6. The molecule has 1 N–H and O–H groups in total. The highest BCUT2D eigenvalue weighted by atomic mass is 79.9. The maximum absolute atomic E-state index is 11.9. The Hall–Kier alpha value is -0.870. The predicted molar refractivity (Wildman–Crippen MR) is 67.0 cm³/mol. The zero-order valence-electron chi connectivity index (χ0n) is 9.24. The molecule has 2 rings (SSSR count). The fourth-order valence-corrected chi connectivity index (χ4v) is 1.98. The molecule has 0 unspecified atom stereocenters. The van der Waals surface area contributed by atoms with Gasteiger partial charge in [-0.2, -0.15) is 0 Å². The van der Waals surface area contributed by atoms with Gasteiger partial charge in [0, 0.05) is 31.2 Å². The van der Waals surface area contributed by atoms with Crippen LogP contribution in [-0.4, -0.2) is 30.9 Å². The van der Waals surface area contributed by atoms with Crippen LogP contribution < -0.4 is 5.32 Å². The van der Waals surface area contributed by atoms with E-state index in [0.29, 0.717) is 6.54 Å². The van der Waals surface area contributed by atoms with Crippen molar-refractivity contribution in [2.75, 3.05) is 20.1 Å². The molecule has 0 bridgehead atoms. The summed E-state index contributed by atoms with van der Waals surface area (Å²) >= 11 is 3.40. The third-order valence-corrected chi connectivity index (χ3v) is 3.37. The molecule has 0 radical (unpaired) electrons. The lowest BCUT2D eigenvalue weighted by molar-refractivity contribution is -0.136. The van der Waals surface area contributed by atoms with Crippen LogP contribution >= 0.6 is 15.9 Å². The maximum atomic E-state index is 11.9. The lowest BCUT2D eigenvalue weighted by Crippen LogP contribution is -2.50. The van der Waals surface area contributed by atoms with Gasteiger partial charge < -0.3 is 10.2 Å². The molecule has 4 heteroatoms. The second-order valence-corrected chi connectivity index (χ2v) is 5.09. The molecule has 0 aromatic heterocycles. The van der Waals surface area contributed by atoms with Crippen molar-refractivity contribution in [1.29, 1.82) is 0 Å². The van der Waals surface area contributed by atoms with Crippen molar-refractivity contribution in [1.82, 2.24) is 10.2 Å². The van der Waals surface area contributed by atoms with Crippen LogP contribution in [0.3, 0.4) is 0 Å². The molecular weight excluding hydrogens is 268 g/mol. The SMILES string of the molecule is CN(Cc1ccc(Br)cc1)C(=O)C1CNC1. The first-order valence-electron chi connectivity index (χ1n) is 5.37. The number of amides is 1. The van der Waals surface area contributed by atoms with Crippen molar-refractivity contribution < 1.29 is 4.79 Å². The second-order valence-electron chi connectivity index (χ2n) is 4.18. The number of rotatable bonds is 3. The molecular formula is C12H15BrN2O. The number of hydrogen-bond acceptors (Lipinski definition) is 2. The van der Waals surface area contributed by atoms with Gasteiger partial charge in [0.25, 0.3) is 0 Å². The number of benzene rings is 1. The normalized spacial score (nSPS) is 15.6. The molecule has 1 aromatic carbocycles. The van der Waals surface area contributed by atoms with E-state index in [2.05, 4.69) is 21.2 Å². The Labute approximate surface area is 104 Å². The fourth-order valence-electron chi connectivity index (χ4n) is 1.72. The minimum absolute atomic E-state index is 0.181. The van der Waals surface area contributed by atoms with Crippen LogP contribution in [0.15, 0.2) is 28.7 Å². The summed E-state index contributed by atoms with van der Waals surface area (Å²) in [6.07, 6.45) is 0. The van der Waals surface area contributed by atoms with Gasteiger partial charge in [-0.25, -0.2) is 0 Å². The summed E-state index contributed by atoms with van der Waals surface area (Å²) in [5.74, 6) is 0.419. The third-order valence-electron chi connectivity index (χ3n) is 2.84. The van der Waals surface area contributed by atoms with Crippen LogP contribution in [0.4, 0.5) is 0 Å². The number of carbonyl (C=O) groups is 1. The van der Waals surface area contributed by atoms with Gasteiger partial charge in [0.05, 0.1) is 5.92 Å². The highest BCUT2D eigenvalue weighted by Gasteiger charge is 2.27. The van der Waals surface area contributed by atoms with Gasteiger partial charge in [-0.3, -0.25) is 4.79 Å². The van der Waals surface area contributed by atoms with E-state index in [-0.39, 0.29) is 11.8 Å². The maximum Gasteiger partial charge on any atom is 0.228 e. The second kappa shape index (κ2) is 4.97. The molecule has 1 amide bonds. The molecule has 86 valence electrons. The number of carbonyl (C=O) groups excluding carboxylic acids is 1. The molecule has 1 heterocycles. The van der Waals surface area contributed by atoms with Crippen LogP contribution in [0.25, 0.3) is 0 Å². The van der Waals surface area contributed by atoms with Crippen molar-refractivity contribution in [2.45, 2.75) is 6.54 Å². The van der Waals surface area contributed by atoms with Crippen LogP contribution in [0.1, 0.15) is 5.56 Å². The minimum atomic E-state index is 0.181. The Kier molecular flexibility index (Phi) is 3.61. The van der Waals surface area contributed by atoms with Crippen molar-refractivity contribution in [3.05, 3.63) is 34.3 Å². The Morgan fingerprint density at radius 2 is 2.06 bits per heavy atom. The smallest absolute Gasteiger partial charge is 0.228 e. The van der Waals surface area contributed by atoms with E-state index in [1.165, 1.54) is 0 Å². The highest BCUT2D eigenvalue weighted by Crippen LogP contribution is 2.13. The zero-order chi connectivity index (χ0) is 11.5. The van der Waals surface area contributed by atoms with E-state index >= 15 is 0 Å². The summed E-state index contributed by atoms with van der Waals surface area (Å²) in [6.45, 7) is 2.33. The Bertz CT molecular complexity index is 373. The molecule has 16 heavy (non-hydrogen) atoms. The summed E-state index contributed by atoms with van der Waals surface area (Å²) in [5.41, 5.74) is 1.16. The molecule has 1 aliphatic heterocycles. The third kappa shape index (κ3) is 2.62. The first-order chi connectivity index (χ1) is 7.66. The first-order valence-corrected chi connectivity index (χ1v) is 6.16. The molecule has 1 fully saturated rings. The lowest BCUT2D eigenvalue weighted by Gasteiger charge is -2.30. The van der Waals surface area contributed by atoms with Gasteiger partial charge in [0.15, 0.2) is 0 Å². The van der Waals surface area contributed by atoms with Crippen molar-refractivity contribution in [3.63, 3.8) is 0 Å². The zero-order valence-corrected chi connectivity index (χ0v) is 10.8. The minimum Gasteiger partial charge on any atom is -0.341 e. The number of halogens is 1. The molecule has 0 saturated carbocycles. The molecule has 0 aliphatic carbocycles. The van der Waals surface area contributed by atoms with E-state index in [0.717, 1.165) is 23.1 Å². The number of nitrogens with zero attached hydrogens (tertiary/aromatic N) is 1. The summed E-state index contributed by atoms with van der Waals surface area (Å²) in [4.78, 5) is 13.7. The Balaban J connectivity index is 1.93. The predicted octanol–water partition coefficient (Wildman–Crippen LogP) is 1.63. The molecule has 0 spiro atoms. The van der Waals surface area contributed by atoms with E-state index in [1.54, 1.807) is 4.90 Å². The Morgan fingerprint density at radius 1 is 1.44 bits per heavy atom. The lowest BCUT2D eigenvalue weighted by atomic mass is 10.0. The molecule has 3 nitrogen and oxygen atoms in total. The monoisotopic (exact) mass is 282 g/mol.